The van der Waals surface area contributed by atoms with Gasteiger partial charge in [-0.3, -0.25) is 9.78 Å². The van der Waals surface area contributed by atoms with E-state index in [-0.39, 0.29) is 11.7 Å². The molecule has 0 saturated carbocycles. The van der Waals surface area contributed by atoms with Gasteiger partial charge in [-0.25, -0.2) is 0 Å². The van der Waals surface area contributed by atoms with Crippen molar-refractivity contribution in [1.29, 1.82) is 0 Å². The van der Waals surface area contributed by atoms with E-state index in [1.165, 1.54) is 0 Å². The average molecular weight is 256 g/mol. The lowest BCUT2D eigenvalue weighted by Gasteiger charge is -2.17. The number of hydrogen-bond acceptors (Lipinski definition) is 3. The molecule has 19 heavy (non-hydrogen) atoms. The standard InChI is InChI=1S/C15H16N2O2/c1-17(13-6-4-7-14(18)11-13)15(19)9-8-12-5-2-3-10-16-12/h2-7,10-11,18H,8-9H2,1H3. The molecule has 0 radical (unpaired) electrons. The van der Waals surface area contributed by atoms with Gasteiger partial charge in [-0.1, -0.05) is 12.1 Å². The van der Waals surface area contributed by atoms with Gasteiger partial charge < -0.3 is 10.0 Å². The largest absolute Gasteiger partial charge is 0.508 e. The Bertz CT molecular complexity index is 555. The van der Waals surface area contributed by atoms with Crippen molar-refractivity contribution in [1.82, 2.24) is 4.98 Å². The normalized spacial score (nSPS) is 10.2. The summed E-state index contributed by atoms with van der Waals surface area (Å²) in [7, 11) is 1.70. The Kier molecular flexibility index (Phi) is 4.13. The molecule has 2 aromatic rings. The number of benzene rings is 1. The summed E-state index contributed by atoms with van der Waals surface area (Å²) in [4.78, 5) is 17.8. The maximum atomic E-state index is 12.0. The molecule has 0 aliphatic rings. The number of carbonyl (C=O) groups is 1. The van der Waals surface area contributed by atoms with E-state index in [0.717, 1.165) is 5.69 Å². The first kappa shape index (κ1) is 13.1. The number of phenols is 1. The first-order valence-corrected chi connectivity index (χ1v) is 6.12. The highest BCUT2D eigenvalue weighted by Crippen LogP contribution is 2.19. The van der Waals surface area contributed by atoms with E-state index in [9.17, 15) is 9.90 Å². The zero-order valence-corrected chi connectivity index (χ0v) is 10.8. The number of nitrogens with zero attached hydrogens (tertiary/aromatic N) is 2. The summed E-state index contributed by atoms with van der Waals surface area (Å²) in [6.07, 6.45) is 2.73. The van der Waals surface area contributed by atoms with Crippen LogP contribution in [-0.4, -0.2) is 23.0 Å². The average Bonchev–Trinajstić information content (AvgIpc) is 2.45. The number of phenolic OH excluding ortho intramolecular Hbond substituents is 1. The van der Waals surface area contributed by atoms with Crippen LogP contribution in [-0.2, 0) is 11.2 Å². The molecule has 4 heteroatoms. The Balaban J connectivity index is 1.96. The molecule has 1 aromatic carbocycles. The van der Waals surface area contributed by atoms with Crippen LogP contribution < -0.4 is 4.90 Å². The molecular formula is C15H16N2O2. The minimum Gasteiger partial charge on any atom is -0.508 e. The molecular weight excluding hydrogens is 240 g/mol. The second-order valence-electron chi connectivity index (χ2n) is 4.29. The van der Waals surface area contributed by atoms with Gasteiger partial charge in [0.1, 0.15) is 5.75 Å². The number of aromatic nitrogens is 1. The van der Waals surface area contributed by atoms with Crippen LogP contribution in [0.15, 0.2) is 48.7 Å². The van der Waals surface area contributed by atoms with Gasteiger partial charge in [-0.15, -0.1) is 0 Å². The van der Waals surface area contributed by atoms with Gasteiger partial charge >= 0.3 is 0 Å². The zero-order chi connectivity index (χ0) is 13.7. The lowest BCUT2D eigenvalue weighted by atomic mass is 10.2. The Morgan fingerprint density at radius 2 is 2.11 bits per heavy atom. The number of carbonyl (C=O) groups excluding carboxylic acids is 1. The molecule has 0 spiro atoms. The number of anilines is 1. The summed E-state index contributed by atoms with van der Waals surface area (Å²) in [5.41, 5.74) is 1.59. The smallest absolute Gasteiger partial charge is 0.227 e. The molecule has 0 atom stereocenters. The van der Waals surface area contributed by atoms with Crippen molar-refractivity contribution in [2.75, 3.05) is 11.9 Å². The third-order valence-corrected chi connectivity index (χ3v) is 2.91. The van der Waals surface area contributed by atoms with Gasteiger partial charge in [0, 0.05) is 37.1 Å². The van der Waals surface area contributed by atoms with E-state index < -0.39 is 0 Å². The predicted octanol–water partition coefficient (Wildman–Crippen LogP) is 2.38. The molecule has 1 amide bonds. The molecule has 2 rings (SSSR count). The molecule has 0 fully saturated rings. The molecule has 1 N–H and O–H groups in total. The van der Waals surface area contributed by atoms with Crippen LogP contribution >= 0.6 is 0 Å². The van der Waals surface area contributed by atoms with Crippen molar-refractivity contribution in [3.63, 3.8) is 0 Å². The summed E-state index contributed by atoms with van der Waals surface area (Å²) in [5, 5.41) is 9.40. The molecule has 0 aliphatic heterocycles. The van der Waals surface area contributed by atoms with Crippen molar-refractivity contribution in [2.45, 2.75) is 12.8 Å². The number of aromatic hydroxyl groups is 1. The first-order chi connectivity index (χ1) is 9.16. The Morgan fingerprint density at radius 1 is 1.26 bits per heavy atom. The Morgan fingerprint density at radius 3 is 2.79 bits per heavy atom. The highest BCUT2D eigenvalue weighted by molar-refractivity contribution is 5.93. The highest BCUT2D eigenvalue weighted by Gasteiger charge is 2.11. The number of amides is 1. The molecule has 98 valence electrons. The fourth-order valence-corrected chi connectivity index (χ4v) is 1.79. The van der Waals surface area contributed by atoms with E-state index in [1.807, 2.05) is 18.2 Å². The van der Waals surface area contributed by atoms with Crippen LogP contribution in [0, 0.1) is 0 Å². The number of pyridine rings is 1. The van der Waals surface area contributed by atoms with Crippen molar-refractivity contribution >= 4 is 11.6 Å². The number of hydrogen-bond donors (Lipinski definition) is 1. The van der Waals surface area contributed by atoms with Crippen LogP contribution in [0.2, 0.25) is 0 Å². The van der Waals surface area contributed by atoms with Crippen LogP contribution in [0.1, 0.15) is 12.1 Å². The second kappa shape index (κ2) is 6.00. The maximum absolute atomic E-state index is 12.0. The predicted molar refractivity (Wildman–Crippen MR) is 74.1 cm³/mol. The minimum atomic E-state index is -0.00347. The molecule has 4 nitrogen and oxygen atoms in total. The lowest BCUT2D eigenvalue weighted by Crippen LogP contribution is -2.26. The number of rotatable bonds is 4. The third-order valence-electron chi connectivity index (χ3n) is 2.91. The molecule has 0 unspecified atom stereocenters. The van der Waals surface area contributed by atoms with Crippen LogP contribution in [0.4, 0.5) is 5.69 Å². The van der Waals surface area contributed by atoms with Gasteiger partial charge in [0.05, 0.1) is 0 Å². The van der Waals surface area contributed by atoms with Crippen LogP contribution in [0.3, 0.4) is 0 Å². The molecule has 1 heterocycles. The van der Waals surface area contributed by atoms with Crippen molar-refractivity contribution in [2.24, 2.45) is 0 Å². The fourth-order valence-electron chi connectivity index (χ4n) is 1.79. The molecule has 1 aromatic heterocycles. The van der Waals surface area contributed by atoms with Gasteiger partial charge in [-0.2, -0.15) is 0 Å². The molecule has 0 aliphatic carbocycles. The third kappa shape index (κ3) is 3.55. The Labute approximate surface area is 112 Å². The van der Waals surface area contributed by atoms with Crippen LogP contribution in [0.25, 0.3) is 0 Å². The summed E-state index contributed by atoms with van der Waals surface area (Å²) >= 11 is 0. The topological polar surface area (TPSA) is 53.4 Å². The first-order valence-electron chi connectivity index (χ1n) is 6.12. The monoisotopic (exact) mass is 256 g/mol. The second-order valence-corrected chi connectivity index (χ2v) is 4.29. The van der Waals surface area contributed by atoms with Gasteiger partial charge in [0.25, 0.3) is 0 Å². The molecule has 0 bridgehead atoms. The zero-order valence-electron chi connectivity index (χ0n) is 10.8. The van der Waals surface area contributed by atoms with Crippen molar-refractivity contribution in [3.8, 4) is 5.75 Å². The van der Waals surface area contributed by atoms with Gasteiger partial charge in [-0.05, 0) is 30.7 Å². The van der Waals surface area contributed by atoms with E-state index in [4.69, 9.17) is 0 Å². The summed E-state index contributed by atoms with van der Waals surface area (Å²) in [5.74, 6) is 0.151. The van der Waals surface area contributed by atoms with Crippen LogP contribution in [0.5, 0.6) is 5.75 Å². The summed E-state index contributed by atoms with van der Waals surface area (Å²) < 4.78 is 0. The SMILES string of the molecule is CN(C(=O)CCc1ccccn1)c1cccc(O)c1. The maximum Gasteiger partial charge on any atom is 0.227 e. The minimum absolute atomic E-state index is 0.00347. The Hall–Kier alpha value is -2.36. The van der Waals surface area contributed by atoms with Crippen molar-refractivity contribution < 1.29 is 9.90 Å². The van der Waals surface area contributed by atoms with Crippen molar-refractivity contribution in [3.05, 3.63) is 54.4 Å². The lowest BCUT2D eigenvalue weighted by molar-refractivity contribution is -0.118. The summed E-state index contributed by atoms with van der Waals surface area (Å²) in [6, 6.07) is 12.3. The van der Waals surface area contributed by atoms with E-state index in [0.29, 0.717) is 18.5 Å². The van der Waals surface area contributed by atoms with Gasteiger partial charge in [0.2, 0.25) is 5.91 Å². The summed E-state index contributed by atoms with van der Waals surface area (Å²) in [6.45, 7) is 0. The quantitative estimate of drug-likeness (QED) is 0.913. The fraction of sp³-hybridized carbons (Fsp3) is 0.200. The highest BCUT2D eigenvalue weighted by atomic mass is 16.3. The molecule has 0 saturated heterocycles. The van der Waals surface area contributed by atoms with E-state index in [2.05, 4.69) is 4.98 Å². The van der Waals surface area contributed by atoms with E-state index in [1.54, 1.807) is 42.4 Å². The van der Waals surface area contributed by atoms with Gasteiger partial charge in [0.15, 0.2) is 0 Å². The number of aryl methyl sites for hydroxylation is 1. The van der Waals surface area contributed by atoms with E-state index >= 15 is 0 Å².